The highest BCUT2D eigenvalue weighted by Gasteiger charge is 2.34. The number of nitrogens with zero attached hydrogens (tertiary/aromatic N) is 5. The molecule has 8 nitrogen and oxygen atoms in total. The molecule has 41 heavy (non-hydrogen) atoms. The number of halogens is 1. The fraction of sp³-hybridized carbons (Fsp3) is 0.323. The van der Waals surface area contributed by atoms with Gasteiger partial charge in [0, 0.05) is 41.8 Å². The van der Waals surface area contributed by atoms with Crippen molar-refractivity contribution in [2.45, 2.75) is 39.4 Å². The summed E-state index contributed by atoms with van der Waals surface area (Å²) in [5.41, 5.74) is 5.94. The van der Waals surface area contributed by atoms with Crippen LogP contribution in [-0.4, -0.2) is 51.2 Å². The maximum absolute atomic E-state index is 13.7. The lowest BCUT2D eigenvalue weighted by molar-refractivity contribution is -0.0821. The number of rotatable bonds is 6. The Balaban J connectivity index is 1.43. The minimum atomic E-state index is -0.540. The molecule has 1 atom stereocenters. The normalized spacial score (nSPS) is 15.0. The third kappa shape index (κ3) is 5.08. The number of aryl methyl sites for hydroxylation is 2. The summed E-state index contributed by atoms with van der Waals surface area (Å²) in [6.07, 6.45) is 1.27. The predicted molar refractivity (Wildman–Crippen MR) is 166 cm³/mol. The first kappa shape index (κ1) is 27.7. The highest BCUT2D eigenvalue weighted by atomic mass is 35.5. The molecule has 1 aliphatic rings. The average molecular weight is 590 g/mol. The number of aliphatic hydroxyl groups excluding tert-OH is 1. The molecule has 1 N–H and O–H groups in total. The largest absolute Gasteiger partial charge is 0.393 e. The van der Waals surface area contributed by atoms with E-state index in [4.69, 9.17) is 21.3 Å². The monoisotopic (exact) mass is 589 g/mol. The van der Waals surface area contributed by atoms with E-state index in [1.165, 1.54) is 11.3 Å². The van der Waals surface area contributed by atoms with Crippen LogP contribution in [-0.2, 0) is 11.8 Å². The van der Waals surface area contributed by atoms with Crippen molar-refractivity contribution < 1.29 is 14.6 Å². The molecule has 10 heteroatoms. The number of amides is 2. The first-order valence-electron chi connectivity index (χ1n) is 13.5. The number of hydrogen-bond acceptors (Lipinski definition) is 6. The SMILES string of the molecule is Cc1cc2nc(N3CCN(c4ccc5c(cnn5C)c4)C3=O)sc2c(-c2ccc(Cl)cc2)c1[C@@H](CO)OC(C)(C)C. The van der Waals surface area contributed by atoms with Crippen LogP contribution in [0.25, 0.3) is 32.2 Å². The summed E-state index contributed by atoms with van der Waals surface area (Å²) in [7, 11) is 1.90. The predicted octanol–water partition coefficient (Wildman–Crippen LogP) is 7.11. The van der Waals surface area contributed by atoms with Crippen molar-refractivity contribution in [1.29, 1.82) is 0 Å². The summed E-state index contributed by atoms with van der Waals surface area (Å²) in [4.78, 5) is 22.2. The van der Waals surface area contributed by atoms with Crippen LogP contribution in [0.15, 0.2) is 54.7 Å². The van der Waals surface area contributed by atoms with Crippen LogP contribution in [0, 0.1) is 6.92 Å². The minimum Gasteiger partial charge on any atom is -0.393 e. The Bertz CT molecular complexity index is 1770. The number of aliphatic hydroxyl groups is 1. The van der Waals surface area contributed by atoms with Crippen molar-refractivity contribution >= 4 is 60.9 Å². The molecule has 0 bridgehead atoms. The molecule has 0 aliphatic carbocycles. The first-order valence-corrected chi connectivity index (χ1v) is 14.7. The third-order valence-electron chi connectivity index (χ3n) is 7.31. The van der Waals surface area contributed by atoms with Crippen molar-refractivity contribution in [2.75, 3.05) is 29.5 Å². The topological polar surface area (TPSA) is 83.7 Å². The van der Waals surface area contributed by atoms with Gasteiger partial charge in [-0.15, -0.1) is 0 Å². The highest BCUT2D eigenvalue weighted by molar-refractivity contribution is 7.23. The van der Waals surface area contributed by atoms with Crippen molar-refractivity contribution in [1.82, 2.24) is 14.8 Å². The lowest BCUT2D eigenvalue weighted by atomic mass is 9.91. The number of urea groups is 1. The molecule has 1 aliphatic heterocycles. The lowest BCUT2D eigenvalue weighted by Gasteiger charge is -2.29. The Labute approximate surface area is 247 Å². The van der Waals surface area contributed by atoms with Gasteiger partial charge in [0.2, 0.25) is 0 Å². The van der Waals surface area contributed by atoms with E-state index in [0.29, 0.717) is 23.2 Å². The Hall–Kier alpha value is -3.50. The number of benzene rings is 3. The second-order valence-electron chi connectivity index (χ2n) is 11.3. The lowest BCUT2D eigenvalue weighted by Crippen LogP contribution is -2.31. The zero-order valence-electron chi connectivity index (χ0n) is 23.7. The second kappa shape index (κ2) is 10.4. The van der Waals surface area contributed by atoms with Gasteiger partial charge in [0.15, 0.2) is 5.13 Å². The van der Waals surface area contributed by atoms with Gasteiger partial charge < -0.3 is 9.84 Å². The van der Waals surface area contributed by atoms with Crippen LogP contribution >= 0.6 is 22.9 Å². The van der Waals surface area contributed by atoms with Gasteiger partial charge in [-0.25, -0.2) is 9.78 Å². The molecule has 2 aromatic heterocycles. The fourth-order valence-electron chi connectivity index (χ4n) is 5.52. The summed E-state index contributed by atoms with van der Waals surface area (Å²) in [5, 5.41) is 17.0. The van der Waals surface area contributed by atoms with Crippen LogP contribution in [0.1, 0.15) is 38.0 Å². The van der Waals surface area contributed by atoms with Gasteiger partial charge in [0.25, 0.3) is 0 Å². The number of ether oxygens (including phenoxy) is 1. The zero-order chi connectivity index (χ0) is 29.1. The van der Waals surface area contributed by atoms with Crippen molar-refractivity contribution in [2.24, 2.45) is 7.05 Å². The minimum absolute atomic E-state index is 0.110. The van der Waals surface area contributed by atoms with Crippen LogP contribution < -0.4 is 9.80 Å². The molecular formula is C31H32ClN5O3S. The van der Waals surface area contributed by atoms with Crippen LogP contribution in [0.5, 0.6) is 0 Å². The van der Waals surface area contributed by atoms with E-state index in [9.17, 15) is 9.90 Å². The molecular weight excluding hydrogens is 558 g/mol. The molecule has 0 saturated carbocycles. The summed E-state index contributed by atoms with van der Waals surface area (Å²) in [5.74, 6) is 0. The van der Waals surface area contributed by atoms with E-state index in [0.717, 1.165) is 49.1 Å². The molecule has 0 unspecified atom stereocenters. The summed E-state index contributed by atoms with van der Waals surface area (Å²) in [6, 6.07) is 15.5. The summed E-state index contributed by atoms with van der Waals surface area (Å²) in [6.45, 7) is 8.86. The Morgan fingerprint density at radius 3 is 2.54 bits per heavy atom. The van der Waals surface area contributed by atoms with E-state index in [-0.39, 0.29) is 12.6 Å². The van der Waals surface area contributed by atoms with E-state index < -0.39 is 11.7 Å². The second-order valence-corrected chi connectivity index (χ2v) is 12.7. The van der Waals surface area contributed by atoms with Gasteiger partial charge in [-0.3, -0.25) is 14.5 Å². The Morgan fingerprint density at radius 2 is 1.83 bits per heavy atom. The molecule has 1 saturated heterocycles. The molecule has 2 amide bonds. The molecule has 212 valence electrons. The van der Waals surface area contributed by atoms with Crippen molar-refractivity contribution in [3.05, 3.63) is 70.9 Å². The van der Waals surface area contributed by atoms with E-state index in [2.05, 4.69) is 5.10 Å². The fourth-order valence-corrected chi connectivity index (χ4v) is 6.79. The number of aromatic nitrogens is 3. The highest BCUT2D eigenvalue weighted by Crippen LogP contribution is 2.44. The maximum atomic E-state index is 13.7. The van der Waals surface area contributed by atoms with Gasteiger partial charge in [-0.1, -0.05) is 35.1 Å². The molecule has 3 heterocycles. The number of carbonyl (C=O) groups excluding carboxylic acids is 1. The van der Waals surface area contributed by atoms with E-state index >= 15 is 0 Å². The third-order valence-corrected chi connectivity index (χ3v) is 8.68. The van der Waals surface area contributed by atoms with Crippen LogP contribution in [0.4, 0.5) is 15.6 Å². The summed E-state index contributed by atoms with van der Waals surface area (Å²) >= 11 is 7.72. The summed E-state index contributed by atoms with van der Waals surface area (Å²) < 4.78 is 9.09. The maximum Gasteiger partial charge on any atom is 0.330 e. The Kier molecular flexibility index (Phi) is 7.02. The van der Waals surface area contributed by atoms with E-state index in [1.807, 2.05) is 94.2 Å². The number of fused-ring (bicyclic) bond motifs is 2. The van der Waals surface area contributed by atoms with Crippen LogP contribution in [0.3, 0.4) is 0 Å². The van der Waals surface area contributed by atoms with Gasteiger partial charge in [-0.05, 0) is 80.8 Å². The number of hydrogen-bond donors (Lipinski definition) is 1. The molecule has 0 spiro atoms. The quantitative estimate of drug-likeness (QED) is 0.228. The van der Waals surface area contributed by atoms with Gasteiger partial charge in [0.05, 0.1) is 34.1 Å². The zero-order valence-corrected chi connectivity index (χ0v) is 25.3. The molecule has 0 radical (unpaired) electrons. The average Bonchev–Trinajstić information content (AvgIpc) is 3.63. The molecule has 3 aromatic carbocycles. The van der Waals surface area contributed by atoms with Gasteiger partial charge in [-0.2, -0.15) is 5.10 Å². The number of thiazole rings is 1. The Morgan fingerprint density at radius 1 is 1.10 bits per heavy atom. The number of carbonyl (C=O) groups is 1. The van der Waals surface area contributed by atoms with Crippen LogP contribution in [0.2, 0.25) is 5.02 Å². The smallest absolute Gasteiger partial charge is 0.330 e. The van der Waals surface area contributed by atoms with Crippen molar-refractivity contribution in [3.8, 4) is 11.1 Å². The van der Waals surface area contributed by atoms with Gasteiger partial charge >= 0.3 is 6.03 Å². The molecule has 5 aromatic rings. The van der Waals surface area contributed by atoms with Gasteiger partial charge in [0.1, 0.15) is 6.10 Å². The van der Waals surface area contributed by atoms with Crippen molar-refractivity contribution in [3.63, 3.8) is 0 Å². The standard InChI is InChI=1S/C31H32ClN5O3S/c1-18-14-23-28(27(19-6-8-21(32)9-7-19)26(18)25(17-38)40-31(2,3)4)41-29(34-23)37-13-12-36(30(37)39)22-10-11-24-20(15-22)16-33-35(24)5/h6-11,14-16,25,38H,12-13,17H2,1-5H3/t25-/m1/s1. The first-order chi connectivity index (χ1) is 19.5. The van der Waals surface area contributed by atoms with E-state index in [1.54, 1.807) is 9.80 Å². The number of anilines is 2. The molecule has 1 fully saturated rings. The molecule has 6 rings (SSSR count).